The fourth-order valence-corrected chi connectivity index (χ4v) is 1.34. The average molecular weight is 187 g/mol. The molecule has 0 amide bonds. The Morgan fingerprint density at radius 1 is 0.643 bits per heavy atom. The zero-order valence-electron chi connectivity index (χ0n) is 8.78. The van der Waals surface area contributed by atoms with Gasteiger partial charge in [0.05, 0.1) is 0 Å². The molecule has 0 spiro atoms. The van der Waals surface area contributed by atoms with E-state index in [0.29, 0.717) is 0 Å². The summed E-state index contributed by atoms with van der Waals surface area (Å²) in [4.78, 5) is 0. The summed E-state index contributed by atoms with van der Waals surface area (Å²) in [5.41, 5.74) is 0. The lowest BCUT2D eigenvalue weighted by atomic mass is 10.2. The normalized spacial score (nSPS) is 28.6. The van der Waals surface area contributed by atoms with Gasteiger partial charge in [0.25, 0.3) is 0 Å². The van der Waals surface area contributed by atoms with Crippen molar-refractivity contribution in [2.45, 2.75) is 38.5 Å². The molecule has 0 atom stereocenters. The van der Waals surface area contributed by atoms with Gasteiger partial charge < -0.3 is 0 Å². The highest BCUT2D eigenvalue weighted by atomic mass is 13.9. The zero-order valence-corrected chi connectivity index (χ0v) is 8.78. The fraction of sp³-hybridized carbons (Fsp3) is 0.429. The van der Waals surface area contributed by atoms with Gasteiger partial charge in [-0.15, -0.1) is 0 Å². The average Bonchev–Trinajstić information content (AvgIpc) is 2.22. The van der Waals surface area contributed by atoms with E-state index in [1.54, 1.807) is 0 Å². The van der Waals surface area contributed by atoms with E-state index < -0.39 is 0 Å². The Bertz CT molecular complexity index is 202. The maximum Gasteiger partial charge on any atom is -0.0241 e. The van der Waals surface area contributed by atoms with Gasteiger partial charge in [0.15, 0.2) is 0 Å². The van der Waals surface area contributed by atoms with Crippen LogP contribution >= 0.6 is 0 Å². The van der Waals surface area contributed by atoms with Crippen LogP contribution in [0.25, 0.3) is 0 Å². The second-order valence-corrected chi connectivity index (χ2v) is 3.44. The second-order valence-electron chi connectivity index (χ2n) is 3.44. The first-order valence-corrected chi connectivity index (χ1v) is 5.52. The lowest BCUT2D eigenvalue weighted by Gasteiger charge is -1.90. The third-order valence-electron chi connectivity index (χ3n) is 2.14. The summed E-state index contributed by atoms with van der Waals surface area (Å²) >= 11 is 0. The quantitative estimate of drug-likeness (QED) is 0.494. The molecule has 0 bridgehead atoms. The first-order chi connectivity index (χ1) is 7.00. The highest BCUT2D eigenvalue weighted by molar-refractivity contribution is 5.01. The monoisotopic (exact) mass is 187 g/mol. The minimum absolute atomic E-state index is 1.04. The van der Waals surface area contributed by atoms with Crippen molar-refractivity contribution >= 4 is 0 Å². The molecule has 0 heteroatoms. The molecule has 0 N–H and O–H groups in total. The van der Waals surface area contributed by atoms with E-state index in [4.69, 9.17) is 0 Å². The fourth-order valence-electron chi connectivity index (χ4n) is 1.34. The largest absolute Gasteiger partial charge is 0.0882 e. The molecule has 0 unspecified atom stereocenters. The number of hydrogen-bond donors (Lipinski definition) is 0. The maximum absolute atomic E-state index is 3.26. The van der Waals surface area contributed by atoms with Crippen molar-refractivity contribution < 1.29 is 0 Å². The zero-order chi connectivity index (χ0) is 9.90. The van der Waals surface area contributed by atoms with Crippen molar-refractivity contribution in [1.29, 1.82) is 0 Å². The smallest absolute Gasteiger partial charge is 0.0241 e. The van der Waals surface area contributed by atoms with Crippen molar-refractivity contribution in [2.24, 2.45) is 0 Å². The molecule has 14 heavy (non-hydrogen) atoms. The van der Waals surface area contributed by atoms with Gasteiger partial charge in [0, 0.05) is 0 Å². The van der Waals surface area contributed by atoms with Gasteiger partial charge in [-0.05, 0) is 44.6 Å². The van der Waals surface area contributed by atoms with E-state index in [9.17, 15) is 0 Å². The summed E-state index contributed by atoms with van der Waals surface area (Å²) in [7, 11) is 0. The van der Waals surface area contributed by atoms with Crippen molar-refractivity contribution in [1.82, 2.24) is 0 Å². The molecule has 0 aromatic carbocycles. The number of rotatable bonds is 0. The van der Waals surface area contributed by atoms with Crippen molar-refractivity contribution in [3.05, 3.63) is 48.6 Å². The first-order valence-electron chi connectivity index (χ1n) is 5.52. The summed E-state index contributed by atoms with van der Waals surface area (Å²) in [6, 6.07) is 0. The maximum atomic E-state index is 3.26. The van der Waals surface area contributed by atoms with Crippen LogP contribution in [0.3, 0.4) is 0 Å². The van der Waals surface area contributed by atoms with Crippen LogP contribution in [0.2, 0.25) is 0 Å². The molecule has 75 valence electrons. The van der Waals surface area contributed by atoms with E-state index in [2.05, 4.69) is 42.5 Å². The Balaban J connectivity index is 2.34. The van der Waals surface area contributed by atoms with Crippen LogP contribution in [0, 0.1) is 6.08 Å². The topological polar surface area (TPSA) is 0 Å². The minimum Gasteiger partial charge on any atom is -0.0882 e. The molecule has 1 rings (SSSR count). The van der Waals surface area contributed by atoms with Crippen LogP contribution < -0.4 is 0 Å². The van der Waals surface area contributed by atoms with Gasteiger partial charge >= 0.3 is 0 Å². The molecule has 0 aliphatic heterocycles. The summed E-state index contributed by atoms with van der Waals surface area (Å²) < 4.78 is 0. The second kappa shape index (κ2) is 8.55. The Morgan fingerprint density at radius 2 is 1.21 bits per heavy atom. The van der Waals surface area contributed by atoms with Crippen molar-refractivity contribution in [3.8, 4) is 0 Å². The molecular formula is C14H19. The summed E-state index contributed by atoms with van der Waals surface area (Å²) in [6.07, 6.45) is 25.5. The Labute approximate surface area is 87.7 Å². The minimum atomic E-state index is 1.04. The van der Waals surface area contributed by atoms with E-state index >= 15 is 0 Å². The van der Waals surface area contributed by atoms with E-state index in [1.165, 1.54) is 12.8 Å². The predicted octanol–water partition coefficient (Wildman–Crippen LogP) is 4.37. The predicted molar refractivity (Wildman–Crippen MR) is 62.9 cm³/mol. The molecule has 0 saturated carbocycles. The lowest BCUT2D eigenvalue weighted by molar-refractivity contribution is 0.976. The van der Waals surface area contributed by atoms with E-state index in [0.717, 1.165) is 25.7 Å². The van der Waals surface area contributed by atoms with E-state index in [-0.39, 0.29) is 0 Å². The highest BCUT2D eigenvalue weighted by Crippen LogP contribution is 2.01. The van der Waals surface area contributed by atoms with Crippen LogP contribution in [-0.2, 0) is 0 Å². The van der Waals surface area contributed by atoms with Crippen LogP contribution in [0.15, 0.2) is 42.5 Å². The van der Waals surface area contributed by atoms with E-state index in [1.807, 2.05) is 6.08 Å². The molecule has 0 saturated heterocycles. The Hall–Kier alpha value is -1.04. The highest BCUT2D eigenvalue weighted by Gasteiger charge is 1.81. The number of allylic oxidation sites excluding steroid dienone is 8. The van der Waals surface area contributed by atoms with Gasteiger partial charge in [-0.2, -0.15) is 0 Å². The standard InChI is InChI=1S/C14H19/c1-2-4-6-8-10-12-14-13-11-9-7-5-3-1/h1-3,8,10-11,13H,4,6-7,9,12,14H2/b2-1-,5-3?,10-8-,13-11+. The molecule has 0 aromatic heterocycles. The molecular weight excluding hydrogens is 168 g/mol. The summed E-state index contributed by atoms with van der Waals surface area (Å²) in [6.45, 7) is 0. The first kappa shape index (κ1) is 11.0. The van der Waals surface area contributed by atoms with Gasteiger partial charge in [-0.1, -0.05) is 42.5 Å². The van der Waals surface area contributed by atoms with Crippen LogP contribution in [-0.4, -0.2) is 0 Å². The Morgan fingerprint density at radius 3 is 1.93 bits per heavy atom. The SMILES string of the molecule is [C]1=C/C=C\CC/C=C\CC/C=C/CC/1. The lowest BCUT2D eigenvalue weighted by Crippen LogP contribution is -1.70. The van der Waals surface area contributed by atoms with Gasteiger partial charge in [-0.3, -0.25) is 0 Å². The molecule has 0 fully saturated rings. The Kier molecular flexibility index (Phi) is 6.74. The molecule has 1 radical (unpaired) electrons. The molecule has 1 aliphatic carbocycles. The van der Waals surface area contributed by atoms with Gasteiger partial charge in [0.1, 0.15) is 0 Å². The molecule has 0 nitrogen and oxygen atoms in total. The molecule has 1 aliphatic rings. The third kappa shape index (κ3) is 6.47. The molecule has 0 heterocycles. The third-order valence-corrected chi connectivity index (χ3v) is 2.14. The van der Waals surface area contributed by atoms with Crippen LogP contribution in [0.5, 0.6) is 0 Å². The van der Waals surface area contributed by atoms with Gasteiger partial charge in [-0.25, -0.2) is 0 Å². The number of hydrogen-bond acceptors (Lipinski definition) is 0. The van der Waals surface area contributed by atoms with Gasteiger partial charge in [0.2, 0.25) is 0 Å². The van der Waals surface area contributed by atoms with Crippen molar-refractivity contribution in [2.75, 3.05) is 0 Å². The van der Waals surface area contributed by atoms with Crippen LogP contribution in [0.1, 0.15) is 38.5 Å². The summed E-state index contributed by atoms with van der Waals surface area (Å²) in [5.74, 6) is 0. The van der Waals surface area contributed by atoms with Crippen LogP contribution in [0.4, 0.5) is 0 Å². The molecule has 0 aromatic rings. The van der Waals surface area contributed by atoms with Crippen molar-refractivity contribution in [3.63, 3.8) is 0 Å². The summed E-state index contributed by atoms with van der Waals surface area (Å²) in [5, 5.41) is 0.